The molecule has 0 fully saturated rings. The van der Waals surface area contributed by atoms with Crippen molar-refractivity contribution >= 4 is 15.9 Å². The molecule has 19 heavy (non-hydrogen) atoms. The number of halogens is 1. The van der Waals surface area contributed by atoms with Crippen molar-refractivity contribution < 1.29 is 0 Å². The lowest BCUT2D eigenvalue weighted by molar-refractivity contribution is 0.413. The third-order valence-electron chi connectivity index (χ3n) is 3.72. The Kier molecular flexibility index (Phi) is 3.12. The topological polar surface area (TPSA) is 36.7 Å². The monoisotopic (exact) mass is 312 g/mol. The first-order valence-corrected chi connectivity index (χ1v) is 7.09. The lowest BCUT2D eigenvalue weighted by Crippen LogP contribution is -2.22. The molecule has 0 aliphatic heterocycles. The van der Waals surface area contributed by atoms with Crippen LogP contribution in [0.15, 0.2) is 47.1 Å². The Morgan fingerprint density at radius 1 is 1.16 bits per heavy atom. The van der Waals surface area contributed by atoms with Crippen LogP contribution in [0, 0.1) is 16.7 Å². The van der Waals surface area contributed by atoms with Crippen LogP contribution < -0.4 is 0 Å². The molecule has 0 spiro atoms. The Balaban J connectivity index is 1.87. The molecule has 0 radical (unpaired) electrons. The van der Waals surface area contributed by atoms with Crippen LogP contribution in [0.25, 0.3) is 0 Å². The van der Waals surface area contributed by atoms with Crippen molar-refractivity contribution in [2.45, 2.75) is 19.3 Å². The van der Waals surface area contributed by atoms with E-state index in [9.17, 15) is 5.26 Å². The number of benzene rings is 1. The highest BCUT2D eigenvalue weighted by Crippen LogP contribution is 2.38. The molecule has 0 N–H and O–H groups in total. The third kappa shape index (κ3) is 2.41. The average molecular weight is 313 g/mol. The largest absolute Gasteiger partial charge is 0.260 e. The highest BCUT2D eigenvalue weighted by Gasteiger charge is 2.37. The number of fused-ring (bicyclic) bond motifs is 1. The Morgan fingerprint density at radius 2 is 1.84 bits per heavy atom. The summed E-state index contributed by atoms with van der Waals surface area (Å²) in [5, 5.41) is 9.62. The molecule has 0 saturated heterocycles. The number of aromatic nitrogens is 1. The van der Waals surface area contributed by atoms with E-state index in [0.717, 1.165) is 23.0 Å². The molecule has 0 saturated carbocycles. The van der Waals surface area contributed by atoms with Crippen LogP contribution in [0.1, 0.15) is 16.8 Å². The van der Waals surface area contributed by atoms with E-state index in [1.165, 1.54) is 11.1 Å². The Hall–Kier alpha value is -1.66. The van der Waals surface area contributed by atoms with Crippen LogP contribution in [0.3, 0.4) is 0 Å². The van der Waals surface area contributed by atoms with Crippen LogP contribution in [-0.4, -0.2) is 4.98 Å². The summed E-state index contributed by atoms with van der Waals surface area (Å²) in [6, 6.07) is 14.9. The van der Waals surface area contributed by atoms with Gasteiger partial charge in [0.05, 0.1) is 11.5 Å². The number of pyridine rings is 1. The van der Waals surface area contributed by atoms with E-state index in [-0.39, 0.29) is 5.41 Å². The molecule has 0 unspecified atom stereocenters. The molecule has 3 heteroatoms. The summed E-state index contributed by atoms with van der Waals surface area (Å²) in [5.41, 5.74) is 3.27. The smallest absolute Gasteiger partial charge is 0.0710 e. The molecule has 0 bridgehead atoms. The van der Waals surface area contributed by atoms with Crippen molar-refractivity contribution in [1.82, 2.24) is 4.98 Å². The van der Waals surface area contributed by atoms with Crippen LogP contribution in [0.5, 0.6) is 0 Å². The fourth-order valence-corrected chi connectivity index (χ4v) is 3.03. The second-order valence-electron chi connectivity index (χ2n) is 5.16. The van der Waals surface area contributed by atoms with E-state index < -0.39 is 0 Å². The van der Waals surface area contributed by atoms with Gasteiger partial charge >= 0.3 is 0 Å². The predicted molar refractivity (Wildman–Crippen MR) is 77.5 cm³/mol. The number of nitriles is 1. The maximum atomic E-state index is 9.62. The van der Waals surface area contributed by atoms with Gasteiger partial charge in [0.2, 0.25) is 0 Å². The first-order chi connectivity index (χ1) is 9.21. The summed E-state index contributed by atoms with van der Waals surface area (Å²) in [6.07, 6.45) is 4.17. The van der Waals surface area contributed by atoms with Gasteiger partial charge in [-0.1, -0.05) is 24.3 Å². The third-order valence-corrected chi connectivity index (χ3v) is 4.19. The van der Waals surface area contributed by atoms with E-state index in [2.05, 4.69) is 39.1 Å². The predicted octanol–water partition coefficient (Wildman–Crippen LogP) is 3.70. The normalized spacial score (nSPS) is 15.8. The second kappa shape index (κ2) is 4.79. The maximum absolute atomic E-state index is 9.62. The van der Waals surface area contributed by atoms with Crippen molar-refractivity contribution in [1.29, 1.82) is 5.26 Å². The van der Waals surface area contributed by atoms with Gasteiger partial charge in [-0.25, -0.2) is 0 Å². The SMILES string of the molecule is N#CC1(Cc2ccc(Br)cn2)Cc2ccccc2C1. The van der Waals surface area contributed by atoms with Crippen LogP contribution in [0.4, 0.5) is 0 Å². The summed E-state index contributed by atoms with van der Waals surface area (Å²) in [4.78, 5) is 4.40. The Morgan fingerprint density at radius 3 is 2.37 bits per heavy atom. The molecule has 1 aliphatic rings. The molecule has 1 aromatic carbocycles. The van der Waals surface area contributed by atoms with Crippen molar-refractivity contribution in [3.05, 3.63) is 63.9 Å². The zero-order valence-corrected chi connectivity index (χ0v) is 12.0. The van der Waals surface area contributed by atoms with Gasteiger partial charge in [-0.05, 0) is 52.0 Å². The van der Waals surface area contributed by atoms with Crippen LogP contribution in [0.2, 0.25) is 0 Å². The Labute approximate surface area is 121 Å². The van der Waals surface area contributed by atoms with Gasteiger partial charge in [0.15, 0.2) is 0 Å². The summed E-state index contributed by atoms with van der Waals surface area (Å²) in [7, 11) is 0. The zero-order chi connectivity index (χ0) is 13.3. The van der Waals surface area contributed by atoms with E-state index in [1.54, 1.807) is 6.20 Å². The molecular formula is C16H13BrN2. The van der Waals surface area contributed by atoms with Crippen molar-refractivity contribution in [2.24, 2.45) is 5.41 Å². The highest BCUT2D eigenvalue weighted by molar-refractivity contribution is 9.10. The maximum Gasteiger partial charge on any atom is 0.0710 e. The minimum absolute atomic E-state index is 0.329. The standard InChI is InChI=1S/C16H13BrN2/c17-14-5-6-15(19-10-14)9-16(11-18)7-12-3-1-2-4-13(12)8-16/h1-6,10H,7-9H2. The van der Waals surface area contributed by atoms with Crippen molar-refractivity contribution in [3.8, 4) is 6.07 Å². The van der Waals surface area contributed by atoms with E-state index >= 15 is 0 Å². The lowest BCUT2D eigenvalue weighted by Gasteiger charge is -2.19. The minimum Gasteiger partial charge on any atom is -0.260 e. The fourth-order valence-electron chi connectivity index (χ4n) is 2.80. The quantitative estimate of drug-likeness (QED) is 0.848. The van der Waals surface area contributed by atoms with Gasteiger partial charge in [0, 0.05) is 22.8 Å². The summed E-state index contributed by atoms with van der Waals surface area (Å²) in [5.74, 6) is 0. The molecule has 1 heterocycles. The molecule has 0 amide bonds. The molecule has 2 aromatic rings. The molecular weight excluding hydrogens is 300 g/mol. The van der Waals surface area contributed by atoms with E-state index in [4.69, 9.17) is 0 Å². The molecule has 0 atom stereocenters. The minimum atomic E-state index is -0.329. The van der Waals surface area contributed by atoms with Gasteiger partial charge in [0.1, 0.15) is 0 Å². The molecule has 3 rings (SSSR count). The van der Waals surface area contributed by atoms with Crippen molar-refractivity contribution in [3.63, 3.8) is 0 Å². The molecule has 1 aliphatic carbocycles. The van der Waals surface area contributed by atoms with Crippen LogP contribution in [-0.2, 0) is 19.3 Å². The number of hydrogen-bond acceptors (Lipinski definition) is 2. The number of nitrogens with zero attached hydrogens (tertiary/aromatic N) is 2. The van der Waals surface area contributed by atoms with Crippen LogP contribution >= 0.6 is 15.9 Å². The summed E-state index contributed by atoms with van der Waals surface area (Å²) < 4.78 is 0.969. The number of rotatable bonds is 2. The van der Waals surface area contributed by atoms with Gasteiger partial charge in [-0.15, -0.1) is 0 Å². The zero-order valence-electron chi connectivity index (χ0n) is 10.4. The summed E-state index contributed by atoms with van der Waals surface area (Å²) in [6.45, 7) is 0. The lowest BCUT2D eigenvalue weighted by atomic mass is 9.82. The number of hydrogen-bond donors (Lipinski definition) is 0. The molecule has 94 valence electrons. The Bertz CT molecular complexity index is 616. The first kappa shape index (κ1) is 12.4. The van der Waals surface area contributed by atoms with E-state index in [0.29, 0.717) is 6.42 Å². The first-order valence-electron chi connectivity index (χ1n) is 6.29. The molecule has 1 aromatic heterocycles. The van der Waals surface area contributed by atoms with Gasteiger partial charge in [0.25, 0.3) is 0 Å². The summed E-state index contributed by atoms with van der Waals surface area (Å²) >= 11 is 3.38. The second-order valence-corrected chi connectivity index (χ2v) is 6.07. The van der Waals surface area contributed by atoms with Gasteiger partial charge in [-0.2, -0.15) is 5.26 Å². The van der Waals surface area contributed by atoms with Gasteiger partial charge in [-0.3, -0.25) is 4.98 Å². The highest BCUT2D eigenvalue weighted by atomic mass is 79.9. The average Bonchev–Trinajstić information content (AvgIpc) is 2.80. The van der Waals surface area contributed by atoms with E-state index in [1.807, 2.05) is 24.3 Å². The molecule has 2 nitrogen and oxygen atoms in total. The fraction of sp³-hybridized carbons (Fsp3) is 0.250. The van der Waals surface area contributed by atoms with Crippen molar-refractivity contribution in [2.75, 3.05) is 0 Å². The van der Waals surface area contributed by atoms with Gasteiger partial charge < -0.3 is 0 Å².